The summed E-state index contributed by atoms with van der Waals surface area (Å²) in [6.07, 6.45) is -0.429. The number of esters is 1. The van der Waals surface area contributed by atoms with Gasteiger partial charge in [0.05, 0.1) is 0 Å². The van der Waals surface area contributed by atoms with E-state index in [1.807, 2.05) is 0 Å². The summed E-state index contributed by atoms with van der Waals surface area (Å²) in [6, 6.07) is 13.6. The lowest BCUT2D eigenvalue weighted by Crippen LogP contribution is -2.17. The van der Waals surface area contributed by atoms with E-state index in [0.29, 0.717) is 5.69 Å². The lowest BCUT2D eigenvalue weighted by molar-refractivity contribution is -0.134. The number of amides is 1. The molecule has 0 aliphatic heterocycles. The number of para-hydroxylation sites is 2. The summed E-state index contributed by atoms with van der Waals surface area (Å²) in [6.45, 7) is 1.69. The van der Waals surface area contributed by atoms with Crippen LogP contribution in [0.4, 0.5) is 10.5 Å². The lowest BCUT2D eigenvalue weighted by atomic mass is 10.3. The first kappa shape index (κ1) is 16.0. The smallest absolute Gasteiger partial charge is 0.417 e. The highest BCUT2D eigenvalue weighted by Gasteiger charge is 2.12. The molecule has 114 valence electrons. The van der Waals surface area contributed by atoms with Crippen molar-refractivity contribution in [2.45, 2.75) is 13.3 Å². The Hall–Kier alpha value is -2.34. The first-order valence-corrected chi connectivity index (χ1v) is 7.42. The van der Waals surface area contributed by atoms with Crippen LogP contribution in [0.25, 0.3) is 0 Å². The Morgan fingerprint density at radius 3 is 2.18 bits per heavy atom. The summed E-state index contributed by atoms with van der Waals surface area (Å²) in [5.74, 6) is -0.0106. The van der Waals surface area contributed by atoms with Crippen molar-refractivity contribution in [1.82, 2.24) is 0 Å². The molecular weight excluding hydrogens is 350 g/mol. The van der Waals surface area contributed by atoms with Crippen LogP contribution < -0.4 is 14.8 Å². The van der Waals surface area contributed by atoms with Crippen molar-refractivity contribution in [2.75, 3.05) is 5.32 Å². The molecule has 1 amide bonds. The highest BCUT2D eigenvalue weighted by atomic mass is 79.9. The van der Waals surface area contributed by atoms with Crippen LogP contribution in [-0.4, -0.2) is 12.1 Å². The predicted octanol–water partition coefficient (Wildman–Crippen LogP) is 4.38. The SMILES string of the molecule is CCC(=O)Oc1ccccc1OC(=O)Nc1ccc(Br)cc1. The molecule has 0 aliphatic carbocycles. The number of hydrogen-bond acceptors (Lipinski definition) is 4. The van der Waals surface area contributed by atoms with Crippen molar-refractivity contribution in [1.29, 1.82) is 0 Å². The van der Waals surface area contributed by atoms with Gasteiger partial charge in [0.2, 0.25) is 0 Å². The monoisotopic (exact) mass is 363 g/mol. The number of carbonyl (C=O) groups is 2. The van der Waals surface area contributed by atoms with Crippen molar-refractivity contribution in [2.24, 2.45) is 0 Å². The van der Waals surface area contributed by atoms with Crippen LogP contribution in [0.2, 0.25) is 0 Å². The summed E-state index contributed by atoms with van der Waals surface area (Å²) in [7, 11) is 0. The number of benzene rings is 2. The molecule has 0 spiro atoms. The fraction of sp³-hybridized carbons (Fsp3) is 0.125. The maximum Gasteiger partial charge on any atom is 0.417 e. The molecule has 0 aliphatic rings. The number of hydrogen-bond donors (Lipinski definition) is 1. The molecule has 0 aromatic heterocycles. The molecule has 0 saturated carbocycles. The van der Waals surface area contributed by atoms with E-state index < -0.39 is 12.1 Å². The zero-order valence-electron chi connectivity index (χ0n) is 11.8. The molecule has 22 heavy (non-hydrogen) atoms. The Bertz CT molecular complexity index is 670. The second-order valence-electron chi connectivity index (χ2n) is 4.30. The van der Waals surface area contributed by atoms with Crippen LogP contribution in [0.1, 0.15) is 13.3 Å². The molecule has 0 fully saturated rings. The Labute approximate surface area is 136 Å². The molecule has 6 heteroatoms. The summed E-state index contributed by atoms with van der Waals surface area (Å²) in [5.41, 5.74) is 0.594. The van der Waals surface area contributed by atoms with Gasteiger partial charge >= 0.3 is 12.1 Å². The molecule has 0 unspecified atom stereocenters. The molecule has 0 heterocycles. The third-order valence-electron chi connectivity index (χ3n) is 2.65. The summed E-state index contributed by atoms with van der Waals surface area (Å²) < 4.78 is 11.2. The summed E-state index contributed by atoms with van der Waals surface area (Å²) in [5, 5.41) is 2.59. The third kappa shape index (κ3) is 4.60. The molecule has 0 bridgehead atoms. The minimum atomic E-state index is -0.665. The van der Waals surface area contributed by atoms with Gasteiger partial charge in [0.25, 0.3) is 0 Å². The van der Waals surface area contributed by atoms with E-state index in [-0.39, 0.29) is 17.9 Å². The molecule has 0 saturated heterocycles. The number of rotatable bonds is 4. The molecule has 1 N–H and O–H groups in total. The van der Waals surface area contributed by atoms with E-state index in [9.17, 15) is 9.59 Å². The molecule has 5 nitrogen and oxygen atoms in total. The largest absolute Gasteiger partial charge is 0.423 e. The topological polar surface area (TPSA) is 64.6 Å². The second-order valence-corrected chi connectivity index (χ2v) is 5.21. The number of nitrogens with one attached hydrogen (secondary N) is 1. The molecule has 0 atom stereocenters. The number of carbonyl (C=O) groups excluding carboxylic acids is 2. The van der Waals surface area contributed by atoms with E-state index in [4.69, 9.17) is 9.47 Å². The fourth-order valence-electron chi connectivity index (χ4n) is 1.59. The minimum Gasteiger partial charge on any atom is -0.423 e. The van der Waals surface area contributed by atoms with Gasteiger partial charge in [-0.05, 0) is 36.4 Å². The van der Waals surface area contributed by atoms with E-state index in [1.54, 1.807) is 55.5 Å². The van der Waals surface area contributed by atoms with Crippen LogP contribution in [0, 0.1) is 0 Å². The number of ether oxygens (including phenoxy) is 2. The van der Waals surface area contributed by atoms with Gasteiger partial charge < -0.3 is 9.47 Å². The Morgan fingerprint density at radius 1 is 1.00 bits per heavy atom. The van der Waals surface area contributed by atoms with Crippen molar-refractivity contribution in [3.05, 3.63) is 53.0 Å². The van der Waals surface area contributed by atoms with Gasteiger partial charge in [0, 0.05) is 16.6 Å². The van der Waals surface area contributed by atoms with Gasteiger partial charge in [0.15, 0.2) is 11.5 Å². The average Bonchev–Trinajstić information content (AvgIpc) is 2.51. The van der Waals surface area contributed by atoms with E-state index >= 15 is 0 Å². The van der Waals surface area contributed by atoms with Gasteiger partial charge in [-0.2, -0.15) is 0 Å². The van der Waals surface area contributed by atoms with Crippen molar-refractivity contribution < 1.29 is 19.1 Å². The number of halogens is 1. The van der Waals surface area contributed by atoms with Gasteiger partial charge in [-0.25, -0.2) is 4.79 Å². The first-order valence-electron chi connectivity index (χ1n) is 6.62. The standard InChI is InChI=1S/C16H14BrNO4/c1-2-15(19)21-13-5-3-4-6-14(13)22-16(20)18-12-9-7-11(17)8-10-12/h3-10H,2H2,1H3,(H,18,20). The van der Waals surface area contributed by atoms with Crippen molar-refractivity contribution in [3.63, 3.8) is 0 Å². The van der Waals surface area contributed by atoms with Crippen LogP contribution in [-0.2, 0) is 4.79 Å². The van der Waals surface area contributed by atoms with Crippen LogP contribution >= 0.6 is 15.9 Å². The Kier molecular flexibility index (Phi) is 5.55. The van der Waals surface area contributed by atoms with Crippen molar-refractivity contribution >= 4 is 33.7 Å². The van der Waals surface area contributed by atoms with Gasteiger partial charge in [-0.3, -0.25) is 10.1 Å². The highest BCUT2D eigenvalue weighted by molar-refractivity contribution is 9.10. The average molecular weight is 364 g/mol. The fourth-order valence-corrected chi connectivity index (χ4v) is 1.85. The zero-order valence-corrected chi connectivity index (χ0v) is 13.4. The third-order valence-corrected chi connectivity index (χ3v) is 3.18. The van der Waals surface area contributed by atoms with Gasteiger partial charge in [-0.1, -0.05) is 35.0 Å². The van der Waals surface area contributed by atoms with Crippen LogP contribution in [0.15, 0.2) is 53.0 Å². The summed E-state index contributed by atoms with van der Waals surface area (Å²) in [4.78, 5) is 23.2. The lowest BCUT2D eigenvalue weighted by Gasteiger charge is -2.10. The maximum absolute atomic E-state index is 11.9. The van der Waals surface area contributed by atoms with Gasteiger partial charge in [-0.15, -0.1) is 0 Å². The molecular formula is C16H14BrNO4. The quantitative estimate of drug-likeness (QED) is 0.646. The predicted molar refractivity (Wildman–Crippen MR) is 86.2 cm³/mol. The summed E-state index contributed by atoms with van der Waals surface area (Å²) >= 11 is 3.31. The molecule has 2 aromatic rings. The van der Waals surface area contributed by atoms with E-state index in [2.05, 4.69) is 21.2 Å². The van der Waals surface area contributed by atoms with Crippen LogP contribution in [0.3, 0.4) is 0 Å². The maximum atomic E-state index is 11.9. The van der Waals surface area contributed by atoms with Crippen LogP contribution in [0.5, 0.6) is 11.5 Å². The molecule has 0 radical (unpaired) electrons. The Balaban J connectivity index is 2.05. The van der Waals surface area contributed by atoms with Crippen molar-refractivity contribution in [3.8, 4) is 11.5 Å². The first-order chi connectivity index (χ1) is 10.6. The minimum absolute atomic E-state index is 0.180. The highest BCUT2D eigenvalue weighted by Crippen LogP contribution is 2.27. The molecule has 2 aromatic carbocycles. The zero-order chi connectivity index (χ0) is 15.9. The van der Waals surface area contributed by atoms with Gasteiger partial charge in [0.1, 0.15) is 0 Å². The second kappa shape index (κ2) is 7.61. The normalized spacial score (nSPS) is 9.91. The van der Waals surface area contributed by atoms with E-state index in [1.165, 1.54) is 0 Å². The Morgan fingerprint density at radius 2 is 1.59 bits per heavy atom. The number of anilines is 1. The molecule has 2 rings (SSSR count). The van der Waals surface area contributed by atoms with E-state index in [0.717, 1.165) is 4.47 Å².